The number of nitriles is 2. The second-order valence-corrected chi connectivity index (χ2v) is 1.80. The summed E-state index contributed by atoms with van der Waals surface area (Å²) in [7, 11) is 0. The van der Waals surface area contributed by atoms with Gasteiger partial charge in [0.15, 0.2) is 5.92 Å². The van der Waals surface area contributed by atoms with E-state index in [9.17, 15) is 4.79 Å². The minimum atomic E-state index is -0.931. The monoisotopic (exact) mass is 188 g/mol. The van der Waals surface area contributed by atoms with Gasteiger partial charge in [-0.05, 0) is 6.92 Å². The molecule has 0 bridgehead atoms. The van der Waals surface area contributed by atoms with Crippen LogP contribution in [0.4, 0.5) is 0 Å². The smallest absolute Gasteiger partial charge is 0.324 e. The van der Waals surface area contributed by atoms with E-state index in [1.54, 1.807) is 19.1 Å². The summed E-state index contributed by atoms with van der Waals surface area (Å²) in [5, 5.41) is 16.5. The summed E-state index contributed by atoms with van der Waals surface area (Å²) in [6.45, 7) is 1.89. The maximum Gasteiger partial charge on any atom is 0.324 e. The van der Waals surface area contributed by atoms with Crippen molar-refractivity contribution in [3.8, 4) is 12.1 Å². The van der Waals surface area contributed by atoms with Crippen molar-refractivity contribution in [2.24, 2.45) is 5.92 Å². The lowest BCUT2D eigenvalue weighted by atomic mass is 10.1. The summed E-state index contributed by atoms with van der Waals surface area (Å²) in [5.41, 5.74) is 0. The number of halogens is 1. The third kappa shape index (κ3) is 4.54. The molecule has 66 valence electrons. The molecular formula is C7H9ClN2O2. The van der Waals surface area contributed by atoms with E-state index in [1.807, 2.05) is 0 Å². The summed E-state index contributed by atoms with van der Waals surface area (Å²) in [6, 6.07) is 3.43. The molecule has 0 rings (SSSR count). The minimum Gasteiger partial charge on any atom is -0.465 e. The standard InChI is InChI=1S/C7H8N2O2.ClH/c1-2-11-7(10)6(5-9)3-4-8;/h6H,2-3H2,1H3;1H. The summed E-state index contributed by atoms with van der Waals surface area (Å²) in [6.07, 6.45) is -0.102. The first kappa shape index (κ1) is 13.3. The average molecular weight is 189 g/mol. The molecule has 0 aliphatic carbocycles. The van der Waals surface area contributed by atoms with Gasteiger partial charge in [0.2, 0.25) is 0 Å². The molecule has 0 spiro atoms. The van der Waals surface area contributed by atoms with Gasteiger partial charge in [0, 0.05) is 0 Å². The lowest BCUT2D eigenvalue weighted by Crippen LogP contribution is -2.15. The number of esters is 1. The zero-order valence-corrected chi connectivity index (χ0v) is 7.43. The van der Waals surface area contributed by atoms with Crippen molar-refractivity contribution in [1.82, 2.24) is 0 Å². The molecule has 0 fully saturated rings. The second-order valence-electron chi connectivity index (χ2n) is 1.80. The van der Waals surface area contributed by atoms with Gasteiger partial charge in [0.1, 0.15) is 0 Å². The number of hydrogen-bond donors (Lipinski definition) is 0. The van der Waals surface area contributed by atoms with Gasteiger partial charge in [-0.15, -0.1) is 12.4 Å². The minimum absolute atomic E-state index is 0. The molecule has 0 N–H and O–H groups in total. The van der Waals surface area contributed by atoms with E-state index in [0.717, 1.165) is 0 Å². The molecule has 1 unspecified atom stereocenters. The Hall–Kier alpha value is -1.26. The fraction of sp³-hybridized carbons (Fsp3) is 0.571. The highest BCUT2D eigenvalue weighted by molar-refractivity contribution is 5.85. The molecule has 0 saturated carbocycles. The van der Waals surface area contributed by atoms with Crippen molar-refractivity contribution in [1.29, 1.82) is 10.5 Å². The fourth-order valence-corrected chi connectivity index (χ4v) is 0.516. The summed E-state index contributed by atoms with van der Waals surface area (Å²) in [5.74, 6) is -1.54. The van der Waals surface area contributed by atoms with Crippen LogP contribution in [0.3, 0.4) is 0 Å². The van der Waals surface area contributed by atoms with E-state index in [0.29, 0.717) is 0 Å². The van der Waals surface area contributed by atoms with E-state index >= 15 is 0 Å². The highest BCUT2D eigenvalue weighted by Gasteiger charge is 2.17. The lowest BCUT2D eigenvalue weighted by molar-refractivity contribution is -0.145. The summed E-state index contributed by atoms with van der Waals surface area (Å²) >= 11 is 0. The first-order valence-electron chi connectivity index (χ1n) is 3.19. The van der Waals surface area contributed by atoms with Gasteiger partial charge in [0.05, 0.1) is 25.2 Å². The number of nitrogens with zero attached hydrogens (tertiary/aromatic N) is 2. The maximum atomic E-state index is 10.8. The molecule has 1 atom stereocenters. The van der Waals surface area contributed by atoms with Crippen molar-refractivity contribution in [2.45, 2.75) is 13.3 Å². The van der Waals surface area contributed by atoms with Crippen molar-refractivity contribution in [3.05, 3.63) is 0 Å². The predicted octanol–water partition coefficient (Wildman–Crippen LogP) is 1.02. The van der Waals surface area contributed by atoms with Gasteiger partial charge in [-0.25, -0.2) is 0 Å². The first-order valence-corrected chi connectivity index (χ1v) is 3.19. The number of rotatable bonds is 3. The quantitative estimate of drug-likeness (QED) is 0.620. The normalized spacial score (nSPS) is 9.92. The zero-order chi connectivity index (χ0) is 8.69. The Balaban J connectivity index is 0. The van der Waals surface area contributed by atoms with Crippen LogP contribution in [-0.4, -0.2) is 12.6 Å². The SMILES string of the molecule is CCOC(=O)C(C#N)CC#N.Cl. The molecule has 0 aromatic heterocycles. The second kappa shape index (κ2) is 7.84. The third-order valence-electron chi connectivity index (χ3n) is 1.02. The molecule has 12 heavy (non-hydrogen) atoms. The van der Waals surface area contributed by atoms with Gasteiger partial charge >= 0.3 is 5.97 Å². The van der Waals surface area contributed by atoms with Gasteiger partial charge in [-0.3, -0.25) is 4.79 Å². The molecule has 0 radical (unpaired) electrons. The van der Waals surface area contributed by atoms with E-state index in [1.165, 1.54) is 0 Å². The van der Waals surface area contributed by atoms with E-state index in [-0.39, 0.29) is 25.4 Å². The number of carbonyl (C=O) groups excluding carboxylic acids is 1. The lowest BCUT2D eigenvalue weighted by Gasteiger charge is -2.02. The Morgan fingerprint density at radius 2 is 2.17 bits per heavy atom. The molecule has 0 aromatic carbocycles. The topological polar surface area (TPSA) is 73.9 Å². The van der Waals surface area contributed by atoms with Crippen LogP contribution in [0, 0.1) is 28.6 Å². The molecule has 5 heteroatoms. The molecule has 4 nitrogen and oxygen atoms in total. The summed E-state index contributed by atoms with van der Waals surface area (Å²) in [4.78, 5) is 10.8. The van der Waals surface area contributed by atoms with Crippen molar-refractivity contribution >= 4 is 18.4 Å². The molecule has 0 amide bonds. The Kier molecular flexibility index (Phi) is 8.72. The van der Waals surface area contributed by atoms with Crippen molar-refractivity contribution < 1.29 is 9.53 Å². The van der Waals surface area contributed by atoms with Crippen LogP contribution in [0.2, 0.25) is 0 Å². The Bertz CT molecular complexity index is 216. The van der Waals surface area contributed by atoms with E-state index in [2.05, 4.69) is 4.74 Å². The molecule has 0 aliphatic heterocycles. The predicted molar refractivity (Wildman–Crippen MR) is 43.2 cm³/mol. The number of carbonyl (C=O) groups is 1. The maximum absolute atomic E-state index is 10.8. The molecular weight excluding hydrogens is 180 g/mol. The molecule has 0 aromatic rings. The van der Waals surface area contributed by atoms with Crippen molar-refractivity contribution in [3.63, 3.8) is 0 Å². The van der Waals surface area contributed by atoms with Crippen molar-refractivity contribution in [2.75, 3.05) is 6.61 Å². The molecule has 0 heterocycles. The van der Waals surface area contributed by atoms with Crippen LogP contribution in [0.25, 0.3) is 0 Å². The van der Waals surface area contributed by atoms with Gasteiger partial charge < -0.3 is 4.74 Å². The van der Waals surface area contributed by atoms with E-state index < -0.39 is 11.9 Å². The number of hydrogen-bond acceptors (Lipinski definition) is 4. The summed E-state index contributed by atoms with van der Waals surface area (Å²) < 4.78 is 4.53. The largest absolute Gasteiger partial charge is 0.465 e. The third-order valence-corrected chi connectivity index (χ3v) is 1.02. The van der Waals surface area contributed by atoms with Crippen LogP contribution < -0.4 is 0 Å². The average Bonchev–Trinajstić information content (AvgIpc) is 2.00. The zero-order valence-electron chi connectivity index (χ0n) is 6.61. The van der Waals surface area contributed by atoms with Crippen LogP contribution in [0.1, 0.15) is 13.3 Å². The first-order chi connectivity index (χ1) is 5.26. The Morgan fingerprint density at radius 1 is 1.58 bits per heavy atom. The molecule has 0 saturated heterocycles. The Morgan fingerprint density at radius 3 is 2.50 bits per heavy atom. The molecule has 0 aliphatic rings. The fourth-order valence-electron chi connectivity index (χ4n) is 0.516. The highest BCUT2D eigenvalue weighted by atomic mass is 35.5. The van der Waals surface area contributed by atoms with Gasteiger partial charge in [0.25, 0.3) is 0 Å². The van der Waals surface area contributed by atoms with Gasteiger partial charge in [-0.1, -0.05) is 0 Å². The Labute approximate surface area is 77.1 Å². The van der Waals surface area contributed by atoms with Crippen LogP contribution in [0.15, 0.2) is 0 Å². The van der Waals surface area contributed by atoms with Gasteiger partial charge in [-0.2, -0.15) is 10.5 Å². The van der Waals surface area contributed by atoms with Crippen LogP contribution in [-0.2, 0) is 9.53 Å². The highest BCUT2D eigenvalue weighted by Crippen LogP contribution is 2.02. The van der Waals surface area contributed by atoms with Crippen LogP contribution in [0.5, 0.6) is 0 Å². The number of ether oxygens (including phenoxy) is 1. The van der Waals surface area contributed by atoms with Crippen LogP contribution >= 0.6 is 12.4 Å². The van der Waals surface area contributed by atoms with E-state index in [4.69, 9.17) is 10.5 Å².